The summed E-state index contributed by atoms with van der Waals surface area (Å²) in [6, 6.07) is 4.84. The van der Waals surface area contributed by atoms with E-state index in [2.05, 4.69) is 15.9 Å². The summed E-state index contributed by atoms with van der Waals surface area (Å²) in [4.78, 5) is 0. The van der Waals surface area contributed by atoms with Gasteiger partial charge in [0.15, 0.2) is 5.17 Å². The van der Waals surface area contributed by atoms with E-state index in [0.717, 1.165) is 11.8 Å². The minimum absolute atomic E-state index is 0.00215. The van der Waals surface area contributed by atoms with E-state index in [1.54, 1.807) is 12.1 Å². The highest BCUT2D eigenvalue weighted by Crippen LogP contribution is 2.19. The number of rotatable bonds is 2. The molecule has 0 unspecified atom stereocenters. The summed E-state index contributed by atoms with van der Waals surface area (Å²) < 4.78 is 13.9. The summed E-state index contributed by atoms with van der Waals surface area (Å²) in [5, 5.41) is 6.97. The fraction of sp³-hybridized carbons (Fsp3) is 0.125. The van der Waals surface area contributed by atoms with E-state index < -0.39 is 0 Å². The molecule has 5 heteroatoms. The van der Waals surface area contributed by atoms with Gasteiger partial charge < -0.3 is 5.73 Å². The predicted octanol–water partition coefficient (Wildman–Crippen LogP) is 2.71. The van der Waals surface area contributed by atoms with E-state index in [1.165, 1.54) is 6.07 Å². The lowest BCUT2D eigenvalue weighted by molar-refractivity contribution is 0.616. The van der Waals surface area contributed by atoms with E-state index in [9.17, 15) is 4.39 Å². The largest absolute Gasteiger partial charge is 0.379 e. The zero-order chi connectivity index (χ0) is 9.84. The van der Waals surface area contributed by atoms with Crippen LogP contribution in [0.25, 0.3) is 0 Å². The average Bonchev–Trinajstić information content (AvgIpc) is 2.02. The normalized spacial score (nSPS) is 10.0. The molecule has 1 aromatic rings. The van der Waals surface area contributed by atoms with Gasteiger partial charge in [-0.1, -0.05) is 33.8 Å². The Morgan fingerprint density at radius 2 is 2.31 bits per heavy atom. The number of hydrogen-bond donors (Lipinski definition) is 2. The highest BCUT2D eigenvalue weighted by Gasteiger charge is 2.03. The van der Waals surface area contributed by atoms with E-state index >= 15 is 0 Å². The zero-order valence-corrected chi connectivity index (χ0v) is 9.08. The molecule has 0 fully saturated rings. The molecule has 0 radical (unpaired) electrons. The number of amidine groups is 1. The van der Waals surface area contributed by atoms with Gasteiger partial charge in [-0.2, -0.15) is 0 Å². The molecule has 0 atom stereocenters. The first-order valence-electron chi connectivity index (χ1n) is 3.50. The molecule has 0 amide bonds. The maximum absolute atomic E-state index is 13.1. The SMILES string of the molecule is N=C(N)SCc1ccc(Br)cc1F. The summed E-state index contributed by atoms with van der Waals surface area (Å²) in [6.45, 7) is 0. The summed E-state index contributed by atoms with van der Waals surface area (Å²) in [6.07, 6.45) is 0. The van der Waals surface area contributed by atoms with Crippen LogP contribution in [0.5, 0.6) is 0 Å². The second-order valence-electron chi connectivity index (χ2n) is 2.39. The Bertz CT molecular complexity index is 330. The molecular weight excluding hydrogens is 255 g/mol. The van der Waals surface area contributed by atoms with Crippen LogP contribution in [0.2, 0.25) is 0 Å². The van der Waals surface area contributed by atoms with Gasteiger partial charge in [-0.05, 0) is 17.7 Å². The van der Waals surface area contributed by atoms with Gasteiger partial charge in [0.25, 0.3) is 0 Å². The van der Waals surface area contributed by atoms with Crippen LogP contribution in [0.1, 0.15) is 5.56 Å². The van der Waals surface area contributed by atoms with Crippen molar-refractivity contribution in [2.45, 2.75) is 5.75 Å². The van der Waals surface area contributed by atoms with Crippen LogP contribution in [0.3, 0.4) is 0 Å². The summed E-state index contributed by atoms with van der Waals surface area (Å²) in [5.74, 6) is 0.122. The third-order valence-corrected chi connectivity index (χ3v) is 2.66. The van der Waals surface area contributed by atoms with Crippen LogP contribution in [0.4, 0.5) is 4.39 Å². The smallest absolute Gasteiger partial charge is 0.151 e. The monoisotopic (exact) mass is 262 g/mol. The number of hydrogen-bond acceptors (Lipinski definition) is 2. The average molecular weight is 263 g/mol. The van der Waals surface area contributed by atoms with Crippen molar-refractivity contribution < 1.29 is 4.39 Å². The molecule has 1 rings (SSSR count). The van der Waals surface area contributed by atoms with Crippen LogP contribution in [0.15, 0.2) is 22.7 Å². The van der Waals surface area contributed by atoms with Crippen molar-refractivity contribution in [3.8, 4) is 0 Å². The van der Waals surface area contributed by atoms with Crippen LogP contribution in [0, 0.1) is 11.2 Å². The van der Waals surface area contributed by atoms with Gasteiger partial charge in [0.05, 0.1) is 0 Å². The third kappa shape index (κ3) is 3.36. The predicted molar refractivity (Wildman–Crippen MR) is 57.3 cm³/mol. The van der Waals surface area contributed by atoms with Crippen molar-refractivity contribution in [3.63, 3.8) is 0 Å². The van der Waals surface area contributed by atoms with Crippen molar-refractivity contribution in [2.75, 3.05) is 0 Å². The van der Waals surface area contributed by atoms with Gasteiger partial charge in [0.2, 0.25) is 0 Å². The lowest BCUT2D eigenvalue weighted by Crippen LogP contribution is -2.04. The van der Waals surface area contributed by atoms with Gasteiger partial charge in [-0.3, -0.25) is 5.41 Å². The molecule has 0 aliphatic carbocycles. The molecule has 13 heavy (non-hydrogen) atoms. The standard InChI is InChI=1S/C8H8BrFN2S/c9-6-2-1-5(7(10)3-6)4-13-8(11)12/h1-3H,4H2,(H3,11,12). The van der Waals surface area contributed by atoms with Gasteiger partial charge >= 0.3 is 0 Å². The molecule has 70 valence electrons. The van der Waals surface area contributed by atoms with Crippen molar-refractivity contribution in [1.82, 2.24) is 0 Å². The summed E-state index contributed by atoms with van der Waals surface area (Å²) in [5.41, 5.74) is 5.69. The molecule has 0 aliphatic heterocycles. The first-order valence-corrected chi connectivity index (χ1v) is 5.28. The number of nitrogens with two attached hydrogens (primary N) is 1. The van der Waals surface area contributed by atoms with Crippen molar-refractivity contribution >= 4 is 32.9 Å². The first-order chi connectivity index (χ1) is 6.09. The minimum Gasteiger partial charge on any atom is -0.379 e. The quantitative estimate of drug-likeness (QED) is 0.636. The molecule has 2 nitrogen and oxygen atoms in total. The Labute approximate surface area is 88.3 Å². The molecule has 0 spiro atoms. The Hall–Kier alpha value is -0.550. The summed E-state index contributed by atoms with van der Waals surface area (Å²) >= 11 is 4.27. The highest BCUT2D eigenvalue weighted by molar-refractivity contribution is 9.10. The molecule has 0 bridgehead atoms. The maximum atomic E-state index is 13.1. The second kappa shape index (κ2) is 4.62. The topological polar surface area (TPSA) is 49.9 Å². The van der Waals surface area contributed by atoms with Gasteiger partial charge in [-0.25, -0.2) is 4.39 Å². The molecule has 0 saturated heterocycles. The Morgan fingerprint density at radius 3 is 2.85 bits per heavy atom. The molecule has 1 aromatic carbocycles. The minimum atomic E-state index is -0.275. The van der Waals surface area contributed by atoms with Crippen molar-refractivity contribution in [1.29, 1.82) is 5.41 Å². The second-order valence-corrected chi connectivity index (χ2v) is 4.32. The lowest BCUT2D eigenvalue weighted by Gasteiger charge is -2.01. The van der Waals surface area contributed by atoms with E-state index in [0.29, 0.717) is 15.8 Å². The molecule has 3 N–H and O–H groups in total. The fourth-order valence-corrected chi connectivity index (χ4v) is 1.67. The van der Waals surface area contributed by atoms with E-state index in [4.69, 9.17) is 11.1 Å². The van der Waals surface area contributed by atoms with E-state index in [1.807, 2.05) is 0 Å². The van der Waals surface area contributed by atoms with Crippen LogP contribution in [-0.4, -0.2) is 5.17 Å². The molecule has 0 aliphatic rings. The molecular formula is C8H8BrFN2S. The Balaban J connectivity index is 2.72. The van der Waals surface area contributed by atoms with Gasteiger partial charge in [0.1, 0.15) is 5.82 Å². The van der Waals surface area contributed by atoms with Crippen LogP contribution < -0.4 is 5.73 Å². The number of halogens is 2. The van der Waals surface area contributed by atoms with Crippen LogP contribution in [-0.2, 0) is 5.75 Å². The molecule has 0 saturated carbocycles. The van der Waals surface area contributed by atoms with E-state index in [-0.39, 0.29) is 11.0 Å². The Kier molecular flexibility index (Phi) is 3.74. The summed E-state index contributed by atoms with van der Waals surface area (Å²) in [7, 11) is 0. The maximum Gasteiger partial charge on any atom is 0.151 e. The number of thioether (sulfide) groups is 1. The number of benzene rings is 1. The molecule has 0 heterocycles. The van der Waals surface area contributed by atoms with Crippen molar-refractivity contribution in [3.05, 3.63) is 34.1 Å². The fourth-order valence-electron chi connectivity index (χ4n) is 0.794. The third-order valence-electron chi connectivity index (χ3n) is 1.40. The first kappa shape index (κ1) is 10.5. The zero-order valence-electron chi connectivity index (χ0n) is 6.68. The number of nitrogens with one attached hydrogen (secondary N) is 1. The van der Waals surface area contributed by atoms with Gasteiger partial charge in [-0.15, -0.1) is 0 Å². The molecule has 0 aromatic heterocycles. The highest BCUT2D eigenvalue weighted by atomic mass is 79.9. The Morgan fingerprint density at radius 1 is 1.62 bits per heavy atom. The lowest BCUT2D eigenvalue weighted by atomic mass is 10.2. The van der Waals surface area contributed by atoms with Crippen LogP contribution >= 0.6 is 27.7 Å². The van der Waals surface area contributed by atoms with Crippen molar-refractivity contribution in [2.24, 2.45) is 5.73 Å². The van der Waals surface area contributed by atoms with Gasteiger partial charge in [0, 0.05) is 10.2 Å².